The summed E-state index contributed by atoms with van der Waals surface area (Å²) < 4.78 is 5.80. The highest BCUT2D eigenvalue weighted by Gasteiger charge is 2.01. The van der Waals surface area contributed by atoms with Gasteiger partial charge in [-0.25, -0.2) is 0 Å². The number of nitrogens with two attached hydrogens (primary N) is 1. The van der Waals surface area contributed by atoms with Gasteiger partial charge in [-0.3, -0.25) is 0 Å². The lowest BCUT2D eigenvalue weighted by Crippen LogP contribution is -2.04. The molecule has 0 aliphatic heterocycles. The van der Waals surface area contributed by atoms with E-state index in [0.717, 1.165) is 23.4 Å². The van der Waals surface area contributed by atoms with E-state index in [-0.39, 0.29) is 0 Å². The summed E-state index contributed by atoms with van der Waals surface area (Å²) in [7, 11) is 0. The first-order valence-electron chi connectivity index (χ1n) is 6.20. The van der Waals surface area contributed by atoms with Crippen LogP contribution < -0.4 is 10.5 Å². The van der Waals surface area contributed by atoms with Crippen LogP contribution in [-0.4, -0.2) is 6.61 Å². The third kappa shape index (κ3) is 3.04. The number of para-hydroxylation sites is 1. The first-order chi connectivity index (χ1) is 8.66. The van der Waals surface area contributed by atoms with E-state index in [1.54, 1.807) is 0 Å². The predicted octanol–water partition coefficient (Wildman–Crippen LogP) is 3.51. The van der Waals surface area contributed by atoms with Gasteiger partial charge < -0.3 is 10.5 Å². The molecule has 0 aliphatic rings. The molecule has 0 aromatic heterocycles. The van der Waals surface area contributed by atoms with Gasteiger partial charge >= 0.3 is 0 Å². The Morgan fingerprint density at radius 2 is 1.83 bits per heavy atom. The van der Waals surface area contributed by atoms with E-state index in [1.165, 1.54) is 11.1 Å². The van der Waals surface area contributed by atoms with Gasteiger partial charge in [0.1, 0.15) is 5.75 Å². The molecule has 0 bridgehead atoms. The molecular weight excluding hydrogens is 222 g/mol. The molecule has 0 atom stereocenters. The topological polar surface area (TPSA) is 35.2 Å². The fourth-order valence-electron chi connectivity index (χ4n) is 1.99. The number of nitrogen functional groups attached to an aromatic ring is 1. The van der Waals surface area contributed by atoms with Crippen LogP contribution in [0.4, 0.5) is 5.69 Å². The van der Waals surface area contributed by atoms with Crippen molar-refractivity contribution in [2.45, 2.75) is 20.3 Å². The summed E-state index contributed by atoms with van der Waals surface area (Å²) in [6, 6.07) is 14.1. The molecule has 0 saturated carbocycles. The number of hydrogen-bond donors (Lipinski definition) is 1. The molecule has 2 aromatic carbocycles. The Hall–Kier alpha value is -1.96. The fraction of sp³-hybridized carbons (Fsp3) is 0.250. The number of hydrogen-bond acceptors (Lipinski definition) is 2. The van der Waals surface area contributed by atoms with Crippen LogP contribution in [0, 0.1) is 13.8 Å². The molecule has 0 amide bonds. The smallest absolute Gasteiger partial charge is 0.122 e. The number of aryl methyl sites for hydroxylation is 2. The van der Waals surface area contributed by atoms with Gasteiger partial charge in [-0.05, 0) is 37.1 Å². The molecule has 18 heavy (non-hydrogen) atoms. The molecule has 0 fully saturated rings. The van der Waals surface area contributed by atoms with Crippen LogP contribution in [0.5, 0.6) is 5.75 Å². The van der Waals surface area contributed by atoms with Crippen molar-refractivity contribution in [3.8, 4) is 5.75 Å². The zero-order chi connectivity index (χ0) is 13.0. The zero-order valence-electron chi connectivity index (χ0n) is 10.9. The van der Waals surface area contributed by atoms with Crippen molar-refractivity contribution < 1.29 is 4.74 Å². The van der Waals surface area contributed by atoms with E-state index in [0.29, 0.717) is 6.61 Å². The van der Waals surface area contributed by atoms with Gasteiger partial charge in [-0.1, -0.05) is 35.9 Å². The fourth-order valence-corrected chi connectivity index (χ4v) is 1.99. The van der Waals surface area contributed by atoms with E-state index < -0.39 is 0 Å². The van der Waals surface area contributed by atoms with Gasteiger partial charge in [0.25, 0.3) is 0 Å². The van der Waals surface area contributed by atoms with Gasteiger partial charge in [0.05, 0.1) is 6.61 Å². The minimum absolute atomic E-state index is 0.651. The molecule has 94 valence electrons. The monoisotopic (exact) mass is 241 g/mol. The Labute approximate surface area is 108 Å². The molecule has 0 heterocycles. The maximum atomic E-state index is 5.89. The van der Waals surface area contributed by atoms with Crippen molar-refractivity contribution in [3.63, 3.8) is 0 Å². The Morgan fingerprint density at radius 3 is 2.56 bits per heavy atom. The minimum Gasteiger partial charge on any atom is -0.493 e. The summed E-state index contributed by atoms with van der Waals surface area (Å²) >= 11 is 0. The highest BCUT2D eigenvalue weighted by atomic mass is 16.5. The summed E-state index contributed by atoms with van der Waals surface area (Å²) in [6.07, 6.45) is 0.833. The molecule has 2 rings (SSSR count). The molecule has 0 radical (unpaired) electrons. The van der Waals surface area contributed by atoms with E-state index in [2.05, 4.69) is 26.0 Å². The number of rotatable bonds is 4. The summed E-state index contributed by atoms with van der Waals surface area (Å²) in [5.74, 6) is 0.954. The van der Waals surface area contributed by atoms with Crippen molar-refractivity contribution in [2.75, 3.05) is 12.3 Å². The van der Waals surface area contributed by atoms with Crippen molar-refractivity contribution in [2.24, 2.45) is 0 Å². The van der Waals surface area contributed by atoms with Gasteiger partial charge in [0, 0.05) is 12.1 Å². The van der Waals surface area contributed by atoms with Crippen LogP contribution in [0.2, 0.25) is 0 Å². The number of benzene rings is 2. The summed E-state index contributed by atoms with van der Waals surface area (Å²) in [5.41, 5.74) is 10.3. The summed E-state index contributed by atoms with van der Waals surface area (Å²) in [6.45, 7) is 4.80. The van der Waals surface area contributed by atoms with Gasteiger partial charge in [-0.2, -0.15) is 0 Å². The third-order valence-corrected chi connectivity index (χ3v) is 3.01. The van der Waals surface area contributed by atoms with Gasteiger partial charge in [0.15, 0.2) is 0 Å². The molecule has 0 saturated heterocycles. The van der Waals surface area contributed by atoms with E-state index in [1.807, 2.05) is 30.3 Å². The van der Waals surface area contributed by atoms with Gasteiger partial charge in [-0.15, -0.1) is 0 Å². The molecule has 0 aliphatic carbocycles. The number of anilines is 1. The first-order valence-corrected chi connectivity index (χ1v) is 6.20. The van der Waals surface area contributed by atoms with Crippen molar-refractivity contribution in [1.82, 2.24) is 0 Å². The summed E-state index contributed by atoms with van der Waals surface area (Å²) in [5, 5.41) is 0. The largest absolute Gasteiger partial charge is 0.493 e. The highest BCUT2D eigenvalue weighted by Crippen LogP contribution is 2.19. The lowest BCUT2D eigenvalue weighted by Gasteiger charge is -2.10. The second-order valence-electron chi connectivity index (χ2n) is 4.57. The lowest BCUT2D eigenvalue weighted by molar-refractivity contribution is 0.320. The van der Waals surface area contributed by atoms with Crippen LogP contribution >= 0.6 is 0 Å². The number of ether oxygens (including phenoxy) is 1. The molecule has 2 aromatic rings. The van der Waals surface area contributed by atoms with E-state index in [4.69, 9.17) is 10.5 Å². The normalized spacial score (nSPS) is 10.3. The van der Waals surface area contributed by atoms with Crippen LogP contribution in [0.1, 0.15) is 16.7 Å². The highest BCUT2D eigenvalue weighted by molar-refractivity contribution is 5.46. The molecular formula is C16H19NO. The Morgan fingerprint density at radius 1 is 1.06 bits per heavy atom. The Balaban J connectivity index is 1.95. The lowest BCUT2D eigenvalue weighted by atomic mass is 10.1. The quantitative estimate of drug-likeness (QED) is 0.831. The Bertz CT molecular complexity index is 534. The zero-order valence-corrected chi connectivity index (χ0v) is 10.9. The average molecular weight is 241 g/mol. The predicted molar refractivity (Wildman–Crippen MR) is 76.0 cm³/mol. The molecule has 2 heteroatoms. The standard InChI is InChI=1S/C16H19NO/c1-12-7-8-16(13(2)11-12)18-10-9-14-5-3-4-6-15(14)17/h3-8,11H,9-10,17H2,1-2H3. The van der Waals surface area contributed by atoms with Crippen molar-refractivity contribution in [1.29, 1.82) is 0 Å². The van der Waals surface area contributed by atoms with Crippen LogP contribution in [0.3, 0.4) is 0 Å². The second-order valence-corrected chi connectivity index (χ2v) is 4.57. The second kappa shape index (κ2) is 5.58. The van der Waals surface area contributed by atoms with Crippen LogP contribution in [0.25, 0.3) is 0 Å². The van der Waals surface area contributed by atoms with Crippen LogP contribution in [-0.2, 0) is 6.42 Å². The first kappa shape index (κ1) is 12.5. The molecule has 0 spiro atoms. The van der Waals surface area contributed by atoms with E-state index >= 15 is 0 Å². The molecule has 2 nitrogen and oxygen atoms in total. The van der Waals surface area contributed by atoms with Crippen molar-refractivity contribution in [3.05, 3.63) is 59.2 Å². The SMILES string of the molecule is Cc1ccc(OCCc2ccccc2N)c(C)c1. The molecule has 0 unspecified atom stereocenters. The van der Waals surface area contributed by atoms with E-state index in [9.17, 15) is 0 Å². The third-order valence-electron chi connectivity index (χ3n) is 3.01. The Kier molecular flexibility index (Phi) is 3.88. The van der Waals surface area contributed by atoms with Crippen molar-refractivity contribution >= 4 is 5.69 Å². The van der Waals surface area contributed by atoms with Crippen LogP contribution in [0.15, 0.2) is 42.5 Å². The molecule has 2 N–H and O–H groups in total. The maximum Gasteiger partial charge on any atom is 0.122 e. The average Bonchev–Trinajstić information content (AvgIpc) is 2.34. The van der Waals surface area contributed by atoms with Gasteiger partial charge in [0.2, 0.25) is 0 Å². The minimum atomic E-state index is 0.651. The summed E-state index contributed by atoms with van der Waals surface area (Å²) in [4.78, 5) is 0. The maximum absolute atomic E-state index is 5.89.